The Balaban J connectivity index is 2.49. The number of nitrogens with two attached hydrogens (primary N) is 1. The summed E-state index contributed by atoms with van der Waals surface area (Å²) in [5.74, 6) is -1.80. The molecule has 0 unspecified atom stereocenters. The molecule has 0 spiro atoms. The summed E-state index contributed by atoms with van der Waals surface area (Å²) in [7, 11) is 0. The van der Waals surface area contributed by atoms with Crippen LogP contribution in [0, 0.1) is 0 Å². The number of likely N-dealkylation sites (N-methyl/N-ethyl adjacent to an activating group) is 1. The van der Waals surface area contributed by atoms with E-state index in [0.29, 0.717) is 19.4 Å². The van der Waals surface area contributed by atoms with Gasteiger partial charge in [0.25, 0.3) is 0 Å². The van der Waals surface area contributed by atoms with Gasteiger partial charge in [0.1, 0.15) is 11.6 Å². The van der Waals surface area contributed by atoms with Crippen LogP contribution in [0.1, 0.15) is 52.9 Å². The molecule has 0 aromatic carbocycles. The first kappa shape index (κ1) is 18.6. The minimum absolute atomic E-state index is 0.320. The molecule has 1 aliphatic rings. The Morgan fingerprint density at radius 3 is 2.27 bits per heavy atom. The van der Waals surface area contributed by atoms with Crippen molar-refractivity contribution >= 4 is 17.8 Å². The van der Waals surface area contributed by atoms with Crippen LogP contribution >= 0.6 is 0 Å². The van der Waals surface area contributed by atoms with Crippen molar-refractivity contribution in [2.24, 2.45) is 5.73 Å². The number of ether oxygens (including phenoxy) is 1. The summed E-state index contributed by atoms with van der Waals surface area (Å²) in [6, 6.07) is -1.32. The van der Waals surface area contributed by atoms with Gasteiger partial charge in [0.2, 0.25) is 5.91 Å². The van der Waals surface area contributed by atoms with E-state index in [2.05, 4.69) is 10.6 Å². The maximum Gasteiger partial charge on any atom is 0.336 e. The van der Waals surface area contributed by atoms with E-state index in [0.717, 1.165) is 19.3 Å². The van der Waals surface area contributed by atoms with E-state index in [1.54, 1.807) is 6.92 Å². The van der Waals surface area contributed by atoms with Crippen LogP contribution in [0.4, 0.5) is 0 Å². The Hall–Kier alpha value is -1.47. The monoisotopic (exact) mass is 313 g/mol. The van der Waals surface area contributed by atoms with E-state index in [-0.39, 0.29) is 5.91 Å². The highest BCUT2D eigenvalue weighted by Gasteiger charge is 2.38. The molecule has 0 heterocycles. The zero-order valence-corrected chi connectivity index (χ0v) is 13.6. The summed E-state index contributed by atoms with van der Waals surface area (Å²) >= 11 is 0. The lowest BCUT2D eigenvalue weighted by Gasteiger charge is -2.30. The summed E-state index contributed by atoms with van der Waals surface area (Å²) in [4.78, 5) is 35.8. The summed E-state index contributed by atoms with van der Waals surface area (Å²) < 4.78 is 4.86. The molecule has 1 aliphatic carbocycles. The fourth-order valence-electron chi connectivity index (χ4n) is 2.46. The van der Waals surface area contributed by atoms with Crippen LogP contribution in [-0.4, -0.2) is 42.0 Å². The fourth-order valence-corrected chi connectivity index (χ4v) is 2.46. The van der Waals surface area contributed by atoms with Gasteiger partial charge in [-0.2, -0.15) is 0 Å². The molecular weight excluding hydrogens is 286 g/mol. The summed E-state index contributed by atoms with van der Waals surface area (Å²) in [5, 5.41) is 5.45. The molecular formula is C15H27N3O4. The van der Waals surface area contributed by atoms with Gasteiger partial charge in [-0.1, -0.05) is 26.2 Å². The van der Waals surface area contributed by atoms with E-state index < -0.39 is 29.6 Å². The Kier molecular flexibility index (Phi) is 6.96. The van der Waals surface area contributed by atoms with Crippen molar-refractivity contribution in [2.45, 2.75) is 70.5 Å². The molecule has 1 saturated carbocycles. The van der Waals surface area contributed by atoms with Gasteiger partial charge in [-0.15, -0.1) is 0 Å². The quantitative estimate of drug-likeness (QED) is 0.478. The second-order valence-corrected chi connectivity index (χ2v) is 5.93. The molecule has 4 N–H and O–H groups in total. The number of carbonyl (C=O) groups is 3. The molecule has 1 fully saturated rings. The van der Waals surface area contributed by atoms with Crippen LogP contribution in [0.25, 0.3) is 0 Å². The number of hydrogen-bond donors (Lipinski definition) is 3. The molecule has 0 aromatic heterocycles. The maximum atomic E-state index is 12.1. The molecule has 126 valence electrons. The second-order valence-electron chi connectivity index (χ2n) is 5.93. The zero-order chi connectivity index (χ0) is 16.8. The van der Waals surface area contributed by atoms with Gasteiger partial charge >= 0.3 is 11.9 Å². The normalized spacial score (nSPS) is 19.8. The standard InChI is InChI=1S/C15H27N3O4/c1-4-17-10(2)12(19)18-11(3)13(20)22-14(21)15(16)8-6-5-7-9-15/h10-11,17H,4-9,16H2,1-3H3,(H,18,19)/t10-,11-/m0/s1. The minimum atomic E-state index is -1.07. The van der Waals surface area contributed by atoms with E-state index in [1.807, 2.05) is 6.92 Å². The van der Waals surface area contributed by atoms with Crippen molar-refractivity contribution in [2.75, 3.05) is 6.54 Å². The highest BCUT2D eigenvalue weighted by molar-refractivity contribution is 5.95. The Morgan fingerprint density at radius 1 is 1.14 bits per heavy atom. The number of hydrogen-bond acceptors (Lipinski definition) is 6. The van der Waals surface area contributed by atoms with Crippen LogP contribution in [0.15, 0.2) is 0 Å². The average molecular weight is 313 g/mol. The Bertz CT molecular complexity index is 419. The van der Waals surface area contributed by atoms with Crippen molar-refractivity contribution in [3.8, 4) is 0 Å². The summed E-state index contributed by atoms with van der Waals surface area (Å²) in [6.07, 6.45) is 3.79. The number of carbonyl (C=O) groups excluding carboxylic acids is 3. The largest absolute Gasteiger partial charge is 0.390 e. The highest BCUT2D eigenvalue weighted by atomic mass is 16.6. The Labute approximate surface area is 131 Å². The van der Waals surface area contributed by atoms with Crippen LogP contribution < -0.4 is 16.4 Å². The molecule has 1 rings (SSSR count). The van der Waals surface area contributed by atoms with Gasteiger partial charge in [-0.25, -0.2) is 9.59 Å². The minimum Gasteiger partial charge on any atom is -0.390 e. The topological polar surface area (TPSA) is 111 Å². The van der Waals surface area contributed by atoms with E-state index in [1.165, 1.54) is 6.92 Å². The van der Waals surface area contributed by atoms with E-state index in [4.69, 9.17) is 10.5 Å². The van der Waals surface area contributed by atoms with Crippen molar-refractivity contribution in [1.29, 1.82) is 0 Å². The van der Waals surface area contributed by atoms with Crippen LogP contribution in [0.2, 0.25) is 0 Å². The molecule has 1 amide bonds. The molecule has 22 heavy (non-hydrogen) atoms. The number of nitrogens with one attached hydrogen (secondary N) is 2. The molecule has 2 atom stereocenters. The van der Waals surface area contributed by atoms with Crippen molar-refractivity contribution in [3.05, 3.63) is 0 Å². The average Bonchev–Trinajstić information content (AvgIpc) is 2.47. The molecule has 0 radical (unpaired) electrons. The van der Waals surface area contributed by atoms with Gasteiger partial charge in [-0.3, -0.25) is 4.79 Å². The first-order valence-corrected chi connectivity index (χ1v) is 7.89. The molecule has 7 heteroatoms. The van der Waals surface area contributed by atoms with Gasteiger partial charge in [-0.05, 0) is 33.2 Å². The first-order chi connectivity index (χ1) is 10.3. The first-order valence-electron chi connectivity index (χ1n) is 7.89. The predicted molar refractivity (Wildman–Crippen MR) is 81.8 cm³/mol. The van der Waals surface area contributed by atoms with Crippen molar-refractivity contribution < 1.29 is 19.1 Å². The molecule has 0 saturated heterocycles. The summed E-state index contributed by atoms with van der Waals surface area (Å²) in [6.45, 7) is 5.70. The van der Waals surface area contributed by atoms with Crippen LogP contribution in [-0.2, 0) is 19.1 Å². The van der Waals surface area contributed by atoms with Gasteiger partial charge < -0.3 is 21.1 Å². The third kappa shape index (κ3) is 5.06. The van der Waals surface area contributed by atoms with Crippen molar-refractivity contribution in [1.82, 2.24) is 10.6 Å². The lowest BCUT2D eigenvalue weighted by molar-refractivity contribution is -0.166. The Morgan fingerprint density at radius 2 is 1.73 bits per heavy atom. The van der Waals surface area contributed by atoms with Gasteiger partial charge in [0.05, 0.1) is 6.04 Å². The van der Waals surface area contributed by atoms with Crippen molar-refractivity contribution in [3.63, 3.8) is 0 Å². The molecule has 7 nitrogen and oxygen atoms in total. The number of amides is 1. The smallest absolute Gasteiger partial charge is 0.336 e. The number of esters is 2. The van der Waals surface area contributed by atoms with Gasteiger partial charge in [0, 0.05) is 0 Å². The van der Waals surface area contributed by atoms with E-state index in [9.17, 15) is 14.4 Å². The molecule has 0 aromatic rings. The van der Waals surface area contributed by atoms with Crippen LogP contribution in [0.5, 0.6) is 0 Å². The third-order valence-electron chi connectivity index (χ3n) is 3.96. The third-order valence-corrected chi connectivity index (χ3v) is 3.96. The zero-order valence-electron chi connectivity index (χ0n) is 13.6. The lowest BCUT2D eigenvalue weighted by atomic mass is 9.83. The van der Waals surface area contributed by atoms with Gasteiger partial charge in [0.15, 0.2) is 0 Å². The highest BCUT2D eigenvalue weighted by Crippen LogP contribution is 2.27. The van der Waals surface area contributed by atoms with E-state index >= 15 is 0 Å². The lowest BCUT2D eigenvalue weighted by Crippen LogP contribution is -2.53. The van der Waals surface area contributed by atoms with Crippen LogP contribution in [0.3, 0.4) is 0 Å². The molecule has 0 bridgehead atoms. The SMILES string of the molecule is CCN[C@@H](C)C(=O)N[C@@H](C)C(=O)OC(=O)C1(N)CCCCC1. The maximum absolute atomic E-state index is 12.1. The predicted octanol–water partition coefficient (Wildman–Crippen LogP) is 0.221. The number of rotatable bonds is 6. The molecule has 0 aliphatic heterocycles. The summed E-state index contributed by atoms with van der Waals surface area (Å²) in [5.41, 5.74) is 4.94. The fraction of sp³-hybridized carbons (Fsp3) is 0.800. The second kappa shape index (κ2) is 8.24.